The highest BCUT2D eigenvalue weighted by Gasteiger charge is 2.32. The number of carbonyl (C=O) groups excluding carboxylic acids is 1. The van der Waals surface area contributed by atoms with E-state index in [2.05, 4.69) is 10.3 Å². The monoisotopic (exact) mass is 440 g/mol. The number of nitrogens with zero attached hydrogens (tertiary/aromatic N) is 3. The Morgan fingerprint density at radius 1 is 1.19 bits per heavy atom. The standard InChI is InChI=1S/C23H28N4O5/c1-27-13-25-17-11-16(14-5-6-19(30-3)20(9-14)31-4)26-23(22(17)27)32-18(7-8-29-2)15-10-21(28)24-12-15/h5-6,9,11,13,15,18H,7-8,10,12H2,1-4H3,(H,24,28)/t15?,18-/m1/s1. The summed E-state index contributed by atoms with van der Waals surface area (Å²) in [7, 11) is 6.77. The Kier molecular flexibility index (Phi) is 6.45. The maximum Gasteiger partial charge on any atom is 0.241 e. The lowest BCUT2D eigenvalue weighted by atomic mass is 9.99. The predicted octanol–water partition coefficient (Wildman–Crippen LogP) is 2.57. The summed E-state index contributed by atoms with van der Waals surface area (Å²) in [6, 6.07) is 7.57. The maximum atomic E-state index is 11.8. The van der Waals surface area contributed by atoms with E-state index in [1.807, 2.05) is 35.9 Å². The van der Waals surface area contributed by atoms with Gasteiger partial charge in [-0.2, -0.15) is 0 Å². The smallest absolute Gasteiger partial charge is 0.241 e. The highest BCUT2D eigenvalue weighted by atomic mass is 16.5. The highest BCUT2D eigenvalue weighted by Crippen LogP contribution is 2.35. The van der Waals surface area contributed by atoms with Crippen molar-refractivity contribution >= 4 is 16.9 Å². The first-order valence-electron chi connectivity index (χ1n) is 10.5. The lowest BCUT2D eigenvalue weighted by Crippen LogP contribution is -2.30. The number of benzene rings is 1. The predicted molar refractivity (Wildman–Crippen MR) is 119 cm³/mol. The molecule has 3 heterocycles. The van der Waals surface area contributed by atoms with Crippen LogP contribution < -0.4 is 19.5 Å². The first kappa shape index (κ1) is 21.9. The topological polar surface area (TPSA) is 96.7 Å². The Balaban J connectivity index is 1.74. The molecule has 1 fully saturated rings. The molecule has 1 N–H and O–H groups in total. The number of carbonyl (C=O) groups is 1. The van der Waals surface area contributed by atoms with Crippen LogP contribution in [0.4, 0.5) is 0 Å². The van der Waals surface area contributed by atoms with E-state index < -0.39 is 0 Å². The van der Waals surface area contributed by atoms with Gasteiger partial charge in [0.1, 0.15) is 11.6 Å². The lowest BCUT2D eigenvalue weighted by molar-refractivity contribution is -0.119. The van der Waals surface area contributed by atoms with E-state index in [1.54, 1.807) is 27.7 Å². The minimum atomic E-state index is -0.222. The van der Waals surface area contributed by atoms with Crippen LogP contribution in [-0.4, -0.2) is 61.0 Å². The number of aromatic nitrogens is 3. The zero-order valence-corrected chi connectivity index (χ0v) is 18.8. The van der Waals surface area contributed by atoms with Crippen LogP contribution in [0.1, 0.15) is 12.8 Å². The number of aryl methyl sites for hydroxylation is 1. The molecule has 0 saturated carbocycles. The number of amides is 1. The van der Waals surface area contributed by atoms with Gasteiger partial charge in [0.05, 0.1) is 31.8 Å². The number of hydrogen-bond acceptors (Lipinski definition) is 7. The van der Waals surface area contributed by atoms with Gasteiger partial charge in [-0.25, -0.2) is 9.97 Å². The largest absolute Gasteiger partial charge is 0.493 e. The van der Waals surface area contributed by atoms with Crippen molar-refractivity contribution in [3.05, 3.63) is 30.6 Å². The fourth-order valence-electron chi connectivity index (χ4n) is 4.02. The Hall–Kier alpha value is -3.33. The van der Waals surface area contributed by atoms with E-state index in [4.69, 9.17) is 23.9 Å². The molecular weight excluding hydrogens is 412 g/mol. The summed E-state index contributed by atoms with van der Waals surface area (Å²) < 4.78 is 24.4. The molecule has 1 unspecified atom stereocenters. The van der Waals surface area contributed by atoms with Crippen molar-refractivity contribution in [3.63, 3.8) is 0 Å². The summed E-state index contributed by atoms with van der Waals surface area (Å²) in [5.74, 6) is 1.83. The zero-order valence-electron chi connectivity index (χ0n) is 18.8. The minimum Gasteiger partial charge on any atom is -0.493 e. The number of imidazole rings is 1. The van der Waals surface area contributed by atoms with E-state index in [0.29, 0.717) is 49.1 Å². The van der Waals surface area contributed by atoms with Crippen molar-refractivity contribution in [2.45, 2.75) is 18.9 Å². The Morgan fingerprint density at radius 2 is 2.00 bits per heavy atom. The second kappa shape index (κ2) is 9.44. The van der Waals surface area contributed by atoms with Crippen molar-refractivity contribution in [2.75, 3.05) is 34.5 Å². The van der Waals surface area contributed by atoms with Crippen LogP contribution in [0, 0.1) is 5.92 Å². The maximum absolute atomic E-state index is 11.8. The molecule has 0 aliphatic carbocycles. The summed E-state index contributed by atoms with van der Waals surface area (Å²) in [5, 5.41) is 2.89. The van der Waals surface area contributed by atoms with E-state index in [0.717, 1.165) is 16.6 Å². The van der Waals surface area contributed by atoms with Crippen molar-refractivity contribution < 1.29 is 23.7 Å². The molecule has 1 aliphatic heterocycles. The van der Waals surface area contributed by atoms with Gasteiger partial charge >= 0.3 is 0 Å². The Bertz CT molecular complexity index is 1110. The van der Waals surface area contributed by atoms with Crippen LogP contribution in [0.2, 0.25) is 0 Å². The van der Waals surface area contributed by atoms with Crippen molar-refractivity contribution in [3.8, 4) is 28.6 Å². The molecule has 3 aromatic rings. The molecule has 2 aromatic heterocycles. The van der Waals surface area contributed by atoms with Crippen LogP contribution in [0.15, 0.2) is 30.6 Å². The first-order valence-corrected chi connectivity index (χ1v) is 10.5. The van der Waals surface area contributed by atoms with Gasteiger partial charge in [-0.1, -0.05) is 0 Å². The van der Waals surface area contributed by atoms with Crippen LogP contribution in [0.5, 0.6) is 17.4 Å². The van der Waals surface area contributed by atoms with E-state index in [1.165, 1.54) is 0 Å². The number of ether oxygens (including phenoxy) is 4. The number of rotatable bonds is 9. The normalized spacial score (nSPS) is 16.8. The molecule has 9 nitrogen and oxygen atoms in total. The fourth-order valence-corrected chi connectivity index (χ4v) is 4.02. The molecule has 9 heteroatoms. The van der Waals surface area contributed by atoms with Gasteiger partial charge in [-0.05, 0) is 24.3 Å². The average molecular weight is 441 g/mol. The molecule has 4 rings (SSSR count). The second-order valence-electron chi connectivity index (χ2n) is 7.81. The third-order valence-electron chi connectivity index (χ3n) is 5.75. The first-order chi connectivity index (χ1) is 15.5. The molecule has 1 aromatic carbocycles. The number of hydrogen-bond donors (Lipinski definition) is 1. The van der Waals surface area contributed by atoms with Gasteiger partial charge in [0.25, 0.3) is 0 Å². The van der Waals surface area contributed by atoms with Gasteiger partial charge < -0.3 is 28.8 Å². The zero-order chi connectivity index (χ0) is 22.7. The highest BCUT2D eigenvalue weighted by molar-refractivity contribution is 5.85. The van der Waals surface area contributed by atoms with Crippen molar-refractivity contribution in [1.29, 1.82) is 0 Å². The molecule has 32 heavy (non-hydrogen) atoms. The third-order valence-corrected chi connectivity index (χ3v) is 5.75. The molecular formula is C23H28N4O5. The second-order valence-corrected chi connectivity index (χ2v) is 7.81. The van der Waals surface area contributed by atoms with Gasteiger partial charge in [0, 0.05) is 51.6 Å². The quantitative estimate of drug-likeness (QED) is 0.546. The van der Waals surface area contributed by atoms with E-state index in [9.17, 15) is 4.79 Å². The van der Waals surface area contributed by atoms with Crippen LogP contribution in [0.25, 0.3) is 22.3 Å². The molecule has 2 atom stereocenters. The van der Waals surface area contributed by atoms with E-state index >= 15 is 0 Å². The molecule has 0 spiro atoms. The number of methoxy groups -OCH3 is 3. The summed E-state index contributed by atoms with van der Waals surface area (Å²) in [4.78, 5) is 21.2. The molecule has 1 aliphatic rings. The van der Waals surface area contributed by atoms with Gasteiger partial charge in [0.2, 0.25) is 11.8 Å². The third kappa shape index (κ3) is 4.34. The number of pyridine rings is 1. The van der Waals surface area contributed by atoms with Gasteiger partial charge in [-0.15, -0.1) is 0 Å². The van der Waals surface area contributed by atoms with Gasteiger partial charge in [0.15, 0.2) is 11.5 Å². The summed E-state index contributed by atoms with van der Waals surface area (Å²) in [6.45, 7) is 1.11. The van der Waals surface area contributed by atoms with Crippen LogP contribution in [0.3, 0.4) is 0 Å². The lowest BCUT2D eigenvalue weighted by Gasteiger charge is -2.24. The Morgan fingerprint density at radius 3 is 2.69 bits per heavy atom. The van der Waals surface area contributed by atoms with Gasteiger partial charge in [-0.3, -0.25) is 4.79 Å². The molecule has 0 bridgehead atoms. The summed E-state index contributed by atoms with van der Waals surface area (Å²) >= 11 is 0. The Labute approximate surface area is 186 Å². The van der Waals surface area contributed by atoms with Crippen LogP contribution in [-0.2, 0) is 16.6 Å². The molecule has 0 radical (unpaired) electrons. The molecule has 1 saturated heterocycles. The molecule has 1 amide bonds. The van der Waals surface area contributed by atoms with Crippen molar-refractivity contribution in [1.82, 2.24) is 19.9 Å². The number of fused-ring (bicyclic) bond motifs is 1. The van der Waals surface area contributed by atoms with E-state index in [-0.39, 0.29) is 17.9 Å². The summed E-state index contributed by atoms with van der Waals surface area (Å²) in [5.41, 5.74) is 3.13. The van der Waals surface area contributed by atoms with Crippen LogP contribution >= 0.6 is 0 Å². The number of nitrogens with one attached hydrogen (secondary N) is 1. The van der Waals surface area contributed by atoms with Crippen molar-refractivity contribution in [2.24, 2.45) is 13.0 Å². The SMILES string of the molecule is COCC[C@@H](Oc1nc(-c2ccc(OC)c(OC)c2)cc2ncn(C)c12)C1CNC(=O)C1. The average Bonchev–Trinajstić information content (AvgIpc) is 3.41. The summed E-state index contributed by atoms with van der Waals surface area (Å²) in [6.07, 6.45) is 2.60. The fraction of sp³-hybridized carbons (Fsp3) is 0.435. The minimum absolute atomic E-state index is 0.0405. The molecule has 170 valence electrons.